The zero-order chi connectivity index (χ0) is 23.8. The van der Waals surface area contributed by atoms with Crippen LogP contribution in [0.4, 0.5) is 17.1 Å². The van der Waals surface area contributed by atoms with Gasteiger partial charge in [-0.1, -0.05) is 6.92 Å². The molecule has 0 amide bonds. The first-order valence-electron chi connectivity index (χ1n) is 11.6. The number of aryl methyl sites for hydroxylation is 2. The third-order valence-corrected chi connectivity index (χ3v) is 10.2. The van der Waals surface area contributed by atoms with Gasteiger partial charge in [-0.3, -0.25) is 9.03 Å². The Bertz CT molecular complexity index is 1190. The molecule has 0 spiro atoms. The number of piperidine rings is 1. The summed E-state index contributed by atoms with van der Waals surface area (Å²) in [5, 5.41) is 0. The minimum absolute atomic E-state index is 0.124. The number of hydrogen-bond acceptors (Lipinski definition) is 5. The van der Waals surface area contributed by atoms with Crippen molar-refractivity contribution in [3.05, 3.63) is 47.5 Å². The smallest absolute Gasteiger partial charge is 0.262 e. The number of sulfonamides is 2. The highest BCUT2D eigenvalue weighted by Crippen LogP contribution is 2.32. The second-order valence-electron chi connectivity index (χ2n) is 9.33. The normalized spacial score (nSPS) is 19.5. The Labute approximate surface area is 197 Å². The van der Waals surface area contributed by atoms with E-state index in [2.05, 4.69) is 16.5 Å². The van der Waals surface area contributed by atoms with Crippen molar-refractivity contribution in [2.75, 3.05) is 39.3 Å². The number of hydrogen-bond donors (Lipinski definition) is 1. The highest BCUT2D eigenvalue weighted by molar-refractivity contribution is 7.93. The lowest BCUT2D eigenvalue weighted by molar-refractivity contribution is 0.438. The molecule has 9 heteroatoms. The first-order valence-corrected chi connectivity index (χ1v) is 14.7. The summed E-state index contributed by atoms with van der Waals surface area (Å²) in [5.74, 6) is 0.874. The summed E-state index contributed by atoms with van der Waals surface area (Å²) in [7, 11) is -7.19. The van der Waals surface area contributed by atoms with E-state index in [1.54, 1.807) is 38.1 Å². The van der Waals surface area contributed by atoms with Gasteiger partial charge in [0.05, 0.1) is 16.3 Å². The van der Waals surface area contributed by atoms with Crippen LogP contribution in [0.1, 0.15) is 43.7 Å². The average molecular weight is 492 g/mol. The van der Waals surface area contributed by atoms with Gasteiger partial charge in [0, 0.05) is 31.0 Å². The van der Waals surface area contributed by atoms with E-state index in [0.717, 1.165) is 31.1 Å². The van der Waals surface area contributed by atoms with E-state index in [4.69, 9.17) is 0 Å². The molecule has 0 aromatic heterocycles. The van der Waals surface area contributed by atoms with Gasteiger partial charge in [0.2, 0.25) is 10.0 Å². The molecule has 0 aliphatic carbocycles. The van der Waals surface area contributed by atoms with E-state index in [-0.39, 0.29) is 10.6 Å². The lowest BCUT2D eigenvalue weighted by atomic mass is 9.99. The monoisotopic (exact) mass is 491 g/mol. The maximum absolute atomic E-state index is 13.2. The molecule has 7 nitrogen and oxygen atoms in total. The summed E-state index contributed by atoms with van der Waals surface area (Å²) in [6.45, 7) is 8.16. The lowest BCUT2D eigenvalue weighted by Crippen LogP contribution is -2.38. The SMILES string of the molecule is Cc1cc(N2CCCCS2(=O)=O)cc(C)c1S(=O)(=O)Nc1ccc(N2CCC(C)CC2)cc1. The Morgan fingerprint density at radius 1 is 0.909 bits per heavy atom. The summed E-state index contributed by atoms with van der Waals surface area (Å²) in [4.78, 5) is 2.52. The van der Waals surface area contributed by atoms with Gasteiger partial charge in [-0.05, 0) is 93.0 Å². The van der Waals surface area contributed by atoms with Crippen molar-refractivity contribution in [1.29, 1.82) is 0 Å². The van der Waals surface area contributed by atoms with Gasteiger partial charge in [0.15, 0.2) is 0 Å². The number of rotatable bonds is 5. The second kappa shape index (κ2) is 9.18. The topological polar surface area (TPSA) is 86.8 Å². The lowest BCUT2D eigenvalue weighted by Gasteiger charge is -2.32. The van der Waals surface area contributed by atoms with Gasteiger partial charge in [0.25, 0.3) is 10.0 Å². The Morgan fingerprint density at radius 2 is 1.52 bits per heavy atom. The average Bonchev–Trinajstić information content (AvgIpc) is 2.73. The van der Waals surface area contributed by atoms with Crippen molar-refractivity contribution < 1.29 is 16.8 Å². The fraction of sp³-hybridized carbons (Fsp3) is 0.500. The van der Waals surface area contributed by atoms with Crippen molar-refractivity contribution >= 4 is 37.1 Å². The molecule has 2 aromatic rings. The molecular weight excluding hydrogens is 458 g/mol. The van der Waals surface area contributed by atoms with Crippen LogP contribution in [0, 0.1) is 19.8 Å². The van der Waals surface area contributed by atoms with E-state index >= 15 is 0 Å². The Balaban J connectivity index is 1.55. The van der Waals surface area contributed by atoms with Crippen LogP contribution in [-0.4, -0.2) is 42.2 Å². The van der Waals surface area contributed by atoms with E-state index < -0.39 is 20.0 Å². The summed E-state index contributed by atoms with van der Waals surface area (Å²) >= 11 is 0. The van der Waals surface area contributed by atoms with Crippen molar-refractivity contribution in [1.82, 2.24) is 0 Å². The van der Waals surface area contributed by atoms with Crippen LogP contribution in [0.3, 0.4) is 0 Å². The van der Waals surface area contributed by atoms with E-state index in [9.17, 15) is 16.8 Å². The highest BCUT2D eigenvalue weighted by atomic mass is 32.2. The molecular formula is C24H33N3O4S2. The second-order valence-corrected chi connectivity index (χ2v) is 13.0. The Morgan fingerprint density at radius 3 is 2.09 bits per heavy atom. The summed E-state index contributed by atoms with van der Waals surface area (Å²) in [6, 6.07) is 10.8. The van der Waals surface area contributed by atoms with E-state index in [0.29, 0.717) is 35.5 Å². The molecule has 180 valence electrons. The molecule has 2 saturated heterocycles. The predicted molar refractivity (Wildman–Crippen MR) is 134 cm³/mol. The van der Waals surface area contributed by atoms with E-state index in [1.165, 1.54) is 17.1 Å². The standard InChI is InChI=1S/C24H33N3O4S2/c1-18-10-13-26(14-11-18)22-8-6-21(7-9-22)25-33(30,31)24-19(2)16-23(17-20(24)3)27-12-4-5-15-32(27,28)29/h6-9,16-18,25H,4-5,10-15H2,1-3H3. The van der Waals surface area contributed by atoms with E-state index in [1.807, 2.05) is 12.1 Å². The molecule has 0 radical (unpaired) electrons. The first kappa shape index (κ1) is 23.9. The molecule has 0 bridgehead atoms. The van der Waals surface area contributed by atoms with Crippen LogP contribution in [0.15, 0.2) is 41.3 Å². The third kappa shape index (κ3) is 5.14. The van der Waals surface area contributed by atoms with Crippen LogP contribution in [-0.2, 0) is 20.0 Å². The number of benzene rings is 2. The third-order valence-electron chi connectivity index (χ3n) is 6.62. The van der Waals surface area contributed by atoms with Gasteiger partial charge in [-0.25, -0.2) is 16.8 Å². The van der Waals surface area contributed by atoms with Crippen molar-refractivity contribution in [3.8, 4) is 0 Å². The zero-order valence-corrected chi connectivity index (χ0v) is 21.2. The maximum Gasteiger partial charge on any atom is 0.262 e. The Hall–Kier alpha value is -2.26. The molecule has 2 heterocycles. The summed E-state index contributed by atoms with van der Waals surface area (Å²) in [5.41, 5.74) is 3.19. The van der Waals surface area contributed by atoms with Crippen molar-refractivity contribution in [2.45, 2.75) is 51.3 Å². The molecule has 1 N–H and O–H groups in total. The molecule has 0 saturated carbocycles. The highest BCUT2D eigenvalue weighted by Gasteiger charge is 2.28. The number of anilines is 3. The van der Waals surface area contributed by atoms with Gasteiger partial charge >= 0.3 is 0 Å². The van der Waals surface area contributed by atoms with Crippen LogP contribution >= 0.6 is 0 Å². The fourth-order valence-electron chi connectivity index (χ4n) is 4.79. The van der Waals surface area contributed by atoms with Crippen LogP contribution in [0.2, 0.25) is 0 Å². The molecule has 4 rings (SSSR count). The largest absolute Gasteiger partial charge is 0.372 e. The minimum Gasteiger partial charge on any atom is -0.372 e. The molecule has 2 fully saturated rings. The first-order chi connectivity index (χ1) is 15.6. The van der Waals surface area contributed by atoms with Gasteiger partial charge in [-0.2, -0.15) is 0 Å². The molecule has 33 heavy (non-hydrogen) atoms. The molecule has 2 aliphatic heterocycles. The van der Waals surface area contributed by atoms with Crippen LogP contribution in [0.5, 0.6) is 0 Å². The molecule has 0 atom stereocenters. The molecule has 2 aromatic carbocycles. The summed E-state index contributed by atoms with van der Waals surface area (Å²) in [6.07, 6.45) is 3.79. The van der Waals surface area contributed by atoms with Gasteiger partial charge in [-0.15, -0.1) is 0 Å². The van der Waals surface area contributed by atoms with Crippen molar-refractivity contribution in [2.24, 2.45) is 5.92 Å². The predicted octanol–water partition coefficient (Wildman–Crippen LogP) is 4.27. The van der Waals surface area contributed by atoms with Crippen molar-refractivity contribution in [3.63, 3.8) is 0 Å². The fourth-order valence-corrected chi connectivity index (χ4v) is 7.92. The quantitative estimate of drug-likeness (QED) is 0.675. The zero-order valence-electron chi connectivity index (χ0n) is 19.5. The molecule has 2 aliphatic rings. The number of nitrogens with one attached hydrogen (secondary N) is 1. The Kier molecular flexibility index (Phi) is 6.64. The number of nitrogens with zero attached hydrogens (tertiary/aromatic N) is 2. The summed E-state index contributed by atoms with van der Waals surface area (Å²) < 4.78 is 55.5. The van der Waals surface area contributed by atoms with Crippen LogP contribution in [0.25, 0.3) is 0 Å². The minimum atomic E-state index is -3.83. The van der Waals surface area contributed by atoms with Gasteiger partial charge < -0.3 is 4.90 Å². The van der Waals surface area contributed by atoms with Gasteiger partial charge in [0.1, 0.15) is 0 Å². The van der Waals surface area contributed by atoms with Crippen LogP contribution < -0.4 is 13.9 Å². The molecule has 0 unspecified atom stereocenters. The maximum atomic E-state index is 13.2.